The molecule has 0 saturated carbocycles. The molecule has 0 spiro atoms. The number of sulfone groups is 1. The van der Waals surface area contributed by atoms with Crippen LogP contribution in [0.2, 0.25) is 10.0 Å². The molecule has 5 nitrogen and oxygen atoms in total. The Morgan fingerprint density at radius 2 is 1.41 bits per heavy atom. The standard InChI is InChI=1S/C13H11Cl2NO4S2/c1-21(17,18)9-5-7-10(8-6-9)22(19,20)16-12-4-2-3-11(14)13(12)15/h2-8,16H,1H3. The Balaban J connectivity index is 2.37. The summed E-state index contributed by atoms with van der Waals surface area (Å²) >= 11 is 11.8. The molecule has 0 aliphatic rings. The SMILES string of the molecule is CS(=O)(=O)c1ccc(S(=O)(=O)Nc2cccc(Cl)c2Cl)cc1. The maximum absolute atomic E-state index is 12.3. The Morgan fingerprint density at radius 3 is 1.95 bits per heavy atom. The number of rotatable bonds is 4. The third-order valence-electron chi connectivity index (χ3n) is 2.76. The van der Waals surface area contributed by atoms with Crippen molar-refractivity contribution in [1.29, 1.82) is 0 Å². The van der Waals surface area contributed by atoms with E-state index in [2.05, 4.69) is 4.72 Å². The van der Waals surface area contributed by atoms with Gasteiger partial charge < -0.3 is 0 Å². The van der Waals surface area contributed by atoms with E-state index in [0.717, 1.165) is 6.26 Å². The van der Waals surface area contributed by atoms with Crippen molar-refractivity contribution in [1.82, 2.24) is 0 Å². The first kappa shape index (κ1) is 17.1. The second-order valence-corrected chi connectivity index (χ2v) is 8.93. The van der Waals surface area contributed by atoms with E-state index in [9.17, 15) is 16.8 Å². The van der Waals surface area contributed by atoms with Gasteiger partial charge in [0.15, 0.2) is 9.84 Å². The van der Waals surface area contributed by atoms with E-state index in [1.807, 2.05) is 0 Å². The van der Waals surface area contributed by atoms with Crippen LogP contribution in [-0.2, 0) is 19.9 Å². The minimum Gasteiger partial charge on any atom is -0.278 e. The smallest absolute Gasteiger partial charge is 0.261 e. The molecule has 22 heavy (non-hydrogen) atoms. The van der Waals surface area contributed by atoms with Gasteiger partial charge in [0.1, 0.15) is 0 Å². The Labute approximate surface area is 138 Å². The van der Waals surface area contributed by atoms with Crippen molar-refractivity contribution < 1.29 is 16.8 Å². The number of hydrogen-bond acceptors (Lipinski definition) is 4. The lowest BCUT2D eigenvalue weighted by Crippen LogP contribution is -2.13. The summed E-state index contributed by atoms with van der Waals surface area (Å²) in [5, 5.41) is 0.301. The topological polar surface area (TPSA) is 80.3 Å². The molecule has 2 aromatic rings. The van der Waals surface area contributed by atoms with Gasteiger partial charge in [0.2, 0.25) is 0 Å². The van der Waals surface area contributed by atoms with E-state index in [-0.39, 0.29) is 25.5 Å². The number of nitrogens with one attached hydrogen (secondary N) is 1. The molecule has 9 heteroatoms. The highest BCUT2D eigenvalue weighted by molar-refractivity contribution is 7.92. The first-order valence-corrected chi connectivity index (χ1v) is 10.0. The Kier molecular flexibility index (Phi) is 4.72. The fourth-order valence-corrected chi connectivity index (χ4v) is 3.76. The minimum absolute atomic E-state index is 0.0345. The zero-order chi connectivity index (χ0) is 16.5. The summed E-state index contributed by atoms with van der Waals surface area (Å²) in [6.45, 7) is 0. The number of sulfonamides is 1. The molecule has 0 radical (unpaired) electrons. The van der Waals surface area contributed by atoms with E-state index in [1.165, 1.54) is 36.4 Å². The van der Waals surface area contributed by atoms with E-state index < -0.39 is 19.9 Å². The highest BCUT2D eigenvalue weighted by Gasteiger charge is 2.17. The van der Waals surface area contributed by atoms with Crippen LogP contribution in [0.1, 0.15) is 0 Å². The molecule has 0 aromatic heterocycles. The van der Waals surface area contributed by atoms with E-state index in [1.54, 1.807) is 6.07 Å². The molecule has 0 unspecified atom stereocenters. The summed E-state index contributed by atoms with van der Waals surface area (Å²) in [6.07, 6.45) is 1.04. The van der Waals surface area contributed by atoms with Crippen LogP contribution < -0.4 is 4.72 Å². The van der Waals surface area contributed by atoms with Crippen molar-refractivity contribution in [3.8, 4) is 0 Å². The third kappa shape index (κ3) is 3.73. The monoisotopic (exact) mass is 379 g/mol. The van der Waals surface area contributed by atoms with Crippen LogP contribution in [0.3, 0.4) is 0 Å². The zero-order valence-corrected chi connectivity index (χ0v) is 14.4. The Bertz CT molecular complexity index is 908. The first-order chi connectivity index (χ1) is 10.1. The lowest BCUT2D eigenvalue weighted by molar-refractivity contribution is 0.597. The van der Waals surface area contributed by atoms with Gasteiger partial charge in [0.25, 0.3) is 10.0 Å². The van der Waals surface area contributed by atoms with Crippen molar-refractivity contribution in [3.05, 3.63) is 52.5 Å². The number of hydrogen-bond donors (Lipinski definition) is 1. The molecule has 0 heterocycles. The molecule has 0 amide bonds. The molecule has 2 rings (SSSR count). The molecule has 0 bridgehead atoms. The van der Waals surface area contributed by atoms with Gasteiger partial charge in [-0.15, -0.1) is 0 Å². The maximum Gasteiger partial charge on any atom is 0.261 e. The minimum atomic E-state index is -3.90. The van der Waals surface area contributed by atoms with Gasteiger partial charge in [0, 0.05) is 6.26 Å². The van der Waals surface area contributed by atoms with Crippen LogP contribution in [0, 0.1) is 0 Å². The Morgan fingerprint density at radius 1 is 0.864 bits per heavy atom. The molecule has 0 aliphatic carbocycles. The molecule has 0 aliphatic heterocycles. The highest BCUT2D eigenvalue weighted by Crippen LogP contribution is 2.31. The quantitative estimate of drug-likeness (QED) is 0.884. The predicted octanol–water partition coefficient (Wildman–Crippen LogP) is 3.20. The average Bonchev–Trinajstić information content (AvgIpc) is 2.43. The van der Waals surface area contributed by atoms with E-state index in [0.29, 0.717) is 0 Å². The van der Waals surface area contributed by atoms with Crippen LogP contribution in [0.5, 0.6) is 0 Å². The summed E-state index contributed by atoms with van der Waals surface area (Å²) in [6, 6.07) is 9.42. The molecule has 0 atom stereocenters. The van der Waals surface area contributed by atoms with Crippen LogP contribution >= 0.6 is 23.2 Å². The lowest BCUT2D eigenvalue weighted by Gasteiger charge is -2.10. The van der Waals surface area contributed by atoms with Crippen molar-refractivity contribution in [2.24, 2.45) is 0 Å². The molecule has 2 aromatic carbocycles. The largest absolute Gasteiger partial charge is 0.278 e. The van der Waals surface area contributed by atoms with Crippen molar-refractivity contribution in [2.75, 3.05) is 11.0 Å². The van der Waals surface area contributed by atoms with E-state index >= 15 is 0 Å². The lowest BCUT2D eigenvalue weighted by atomic mass is 10.3. The van der Waals surface area contributed by atoms with Gasteiger partial charge >= 0.3 is 0 Å². The van der Waals surface area contributed by atoms with Gasteiger partial charge in [-0.1, -0.05) is 29.3 Å². The molecular weight excluding hydrogens is 369 g/mol. The average molecular weight is 380 g/mol. The van der Waals surface area contributed by atoms with Crippen molar-refractivity contribution in [3.63, 3.8) is 0 Å². The van der Waals surface area contributed by atoms with Crippen LogP contribution in [-0.4, -0.2) is 23.1 Å². The van der Waals surface area contributed by atoms with Gasteiger partial charge in [-0.25, -0.2) is 16.8 Å². The summed E-state index contributed by atoms with van der Waals surface area (Å²) in [7, 11) is -7.29. The summed E-state index contributed by atoms with van der Waals surface area (Å²) < 4.78 is 49.6. The number of benzene rings is 2. The molecule has 118 valence electrons. The fourth-order valence-electron chi connectivity index (χ4n) is 1.65. The van der Waals surface area contributed by atoms with Gasteiger partial charge in [-0.2, -0.15) is 0 Å². The van der Waals surface area contributed by atoms with Crippen LogP contribution in [0.4, 0.5) is 5.69 Å². The zero-order valence-electron chi connectivity index (χ0n) is 11.2. The van der Waals surface area contributed by atoms with Crippen LogP contribution in [0.25, 0.3) is 0 Å². The number of halogens is 2. The van der Waals surface area contributed by atoms with Gasteiger partial charge in [-0.05, 0) is 36.4 Å². The number of anilines is 1. The summed E-state index contributed by atoms with van der Waals surface area (Å²) in [4.78, 5) is -0.0526. The van der Waals surface area contributed by atoms with Gasteiger partial charge in [-0.3, -0.25) is 4.72 Å². The Hall–Kier alpha value is -1.28. The second kappa shape index (κ2) is 6.08. The molecule has 0 fully saturated rings. The fraction of sp³-hybridized carbons (Fsp3) is 0.0769. The first-order valence-electron chi connectivity index (χ1n) is 5.88. The second-order valence-electron chi connectivity index (χ2n) is 4.45. The molecular formula is C13H11Cl2NO4S2. The van der Waals surface area contributed by atoms with Crippen molar-refractivity contribution >= 4 is 48.7 Å². The maximum atomic E-state index is 12.3. The van der Waals surface area contributed by atoms with Gasteiger partial charge in [0.05, 0.1) is 25.5 Å². The van der Waals surface area contributed by atoms with Crippen LogP contribution in [0.15, 0.2) is 52.3 Å². The summed E-state index contributed by atoms with van der Waals surface area (Å²) in [5.74, 6) is 0. The normalized spacial score (nSPS) is 12.1. The summed E-state index contributed by atoms with van der Waals surface area (Å²) in [5.41, 5.74) is 0.140. The predicted molar refractivity (Wildman–Crippen MR) is 86.8 cm³/mol. The highest BCUT2D eigenvalue weighted by atomic mass is 35.5. The molecule has 0 saturated heterocycles. The third-order valence-corrected chi connectivity index (χ3v) is 6.09. The molecule has 1 N–H and O–H groups in total. The van der Waals surface area contributed by atoms with E-state index in [4.69, 9.17) is 23.2 Å². The van der Waals surface area contributed by atoms with Crippen molar-refractivity contribution in [2.45, 2.75) is 9.79 Å².